The van der Waals surface area contributed by atoms with E-state index in [1.807, 2.05) is 48.8 Å². The third-order valence-corrected chi connectivity index (χ3v) is 6.86. The molecule has 0 bridgehead atoms. The number of aromatic amines is 2. The van der Waals surface area contributed by atoms with Gasteiger partial charge >= 0.3 is 0 Å². The van der Waals surface area contributed by atoms with Gasteiger partial charge in [-0.05, 0) is 65.6 Å². The fourth-order valence-corrected chi connectivity index (χ4v) is 4.68. The minimum atomic E-state index is 0.752. The van der Waals surface area contributed by atoms with Gasteiger partial charge in [0.05, 0.1) is 22.4 Å². The predicted molar refractivity (Wildman–Crippen MR) is 161 cm³/mol. The number of pyridine rings is 3. The van der Waals surface area contributed by atoms with Crippen LogP contribution in [0.2, 0.25) is 0 Å². The quantitative estimate of drug-likeness (QED) is 0.261. The van der Waals surface area contributed by atoms with Crippen molar-refractivity contribution in [1.82, 2.24) is 35.5 Å². The van der Waals surface area contributed by atoms with Crippen molar-refractivity contribution in [3.63, 3.8) is 0 Å². The van der Waals surface area contributed by atoms with Gasteiger partial charge < -0.3 is 10.3 Å². The molecule has 3 N–H and O–H groups in total. The lowest BCUT2D eigenvalue weighted by Gasteiger charge is -2.07. The second-order valence-electron chi connectivity index (χ2n) is 9.67. The Labute approximate surface area is 232 Å². The third-order valence-electron chi connectivity index (χ3n) is 6.86. The van der Waals surface area contributed by atoms with Crippen molar-refractivity contribution >= 4 is 29.1 Å². The lowest BCUT2D eigenvalue weighted by molar-refractivity contribution is 0.691. The van der Waals surface area contributed by atoms with Crippen LogP contribution in [0.5, 0.6) is 0 Å². The van der Waals surface area contributed by atoms with E-state index in [0.717, 1.165) is 74.0 Å². The molecule has 0 spiro atoms. The molecule has 1 aromatic carbocycles. The van der Waals surface area contributed by atoms with Crippen LogP contribution in [0, 0.1) is 0 Å². The first kappa shape index (κ1) is 25.2. The van der Waals surface area contributed by atoms with E-state index >= 15 is 0 Å². The zero-order chi connectivity index (χ0) is 27.3. The number of nitrogens with one attached hydrogen (secondary N) is 3. The summed E-state index contributed by atoms with van der Waals surface area (Å²) in [5.41, 5.74) is 8.86. The Morgan fingerprint density at radius 3 is 2.60 bits per heavy atom. The highest BCUT2D eigenvalue weighted by Gasteiger charge is 2.13. The monoisotopic (exact) mass is 523 g/mol. The molecule has 0 saturated heterocycles. The standard InChI is InChI=1S/C33H29N7/c1-22(26-16-25(20-35-21-26)19-34-18-24-8-4-3-5-9-24)11-12-28-23(2)32(40-39-28)31-17-27-29(38-31)13-15-37-33(27)30-10-6-7-14-36-30/h3-17,20-21,34,38-39H,2,18-19H2,1H3/b22-11+,28-12+. The number of hydrogen-bond acceptors (Lipinski definition) is 5. The Balaban J connectivity index is 1.22. The normalized spacial score (nSPS) is 12.3. The van der Waals surface area contributed by atoms with Gasteiger partial charge in [0.15, 0.2) is 0 Å². The lowest BCUT2D eigenvalue weighted by Crippen LogP contribution is -2.21. The predicted octanol–water partition coefficient (Wildman–Crippen LogP) is 4.99. The van der Waals surface area contributed by atoms with Crippen LogP contribution in [0.4, 0.5) is 0 Å². The summed E-state index contributed by atoms with van der Waals surface area (Å²) >= 11 is 0. The van der Waals surface area contributed by atoms with Crippen LogP contribution in [0.25, 0.3) is 51.9 Å². The molecule has 40 heavy (non-hydrogen) atoms. The van der Waals surface area contributed by atoms with Crippen LogP contribution in [-0.4, -0.2) is 30.1 Å². The van der Waals surface area contributed by atoms with E-state index in [0.29, 0.717) is 0 Å². The third kappa shape index (κ3) is 5.36. The van der Waals surface area contributed by atoms with Crippen LogP contribution in [0.15, 0.2) is 97.6 Å². The lowest BCUT2D eigenvalue weighted by atomic mass is 10.1. The second kappa shape index (κ2) is 11.3. The number of nitrogens with zero attached hydrogens (tertiary/aromatic N) is 4. The fraction of sp³-hybridized carbons (Fsp3) is 0.0909. The van der Waals surface area contributed by atoms with Crippen molar-refractivity contribution in [3.05, 3.63) is 125 Å². The Morgan fingerprint density at radius 1 is 0.900 bits per heavy atom. The van der Waals surface area contributed by atoms with Crippen molar-refractivity contribution in [1.29, 1.82) is 0 Å². The van der Waals surface area contributed by atoms with E-state index in [1.165, 1.54) is 5.56 Å². The summed E-state index contributed by atoms with van der Waals surface area (Å²) in [4.78, 5) is 17.0. The molecule has 7 nitrogen and oxygen atoms in total. The number of benzene rings is 1. The number of allylic oxidation sites excluding steroid dienone is 2. The first-order valence-corrected chi connectivity index (χ1v) is 13.2. The Hall–Kier alpha value is -5.14. The summed E-state index contributed by atoms with van der Waals surface area (Å²) in [6.45, 7) is 7.96. The number of rotatable bonds is 8. The summed E-state index contributed by atoms with van der Waals surface area (Å²) in [7, 11) is 0. The molecular formula is C33H29N7. The molecule has 0 fully saturated rings. The molecule has 0 atom stereocenters. The molecule has 0 aliphatic carbocycles. The minimum absolute atomic E-state index is 0.752. The van der Waals surface area contributed by atoms with Gasteiger partial charge in [0.2, 0.25) is 0 Å². The fourth-order valence-electron chi connectivity index (χ4n) is 4.68. The smallest absolute Gasteiger partial charge is 0.116 e. The van der Waals surface area contributed by atoms with E-state index in [9.17, 15) is 0 Å². The second-order valence-corrected chi connectivity index (χ2v) is 9.67. The number of aromatic nitrogens is 6. The van der Waals surface area contributed by atoms with Gasteiger partial charge in [-0.3, -0.25) is 20.1 Å². The van der Waals surface area contributed by atoms with Crippen LogP contribution < -0.4 is 15.9 Å². The van der Waals surface area contributed by atoms with E-state index < -0.39 is 0 Å². The first-order valence-electron chi connectivity index (χ1n) is 13.2. The SMILES string of the molecule is C=c1c(-c2cc3c(-c4ccccn4)nccc3[nH]2)n[nH]/c1=C/C=C(\C)c1cncc(CNCc2ccccc2)c1. The highest BCUT2D eigenvalue weighted by Crippen LogP contribution is 2.28. The number of H-pyrrole nitrogens is 2. The molecular weight excluding hydrogens is 494 g/mol. The summed E-state index contributed by atoms with van der Waals surface area (Å²) in [5.74, 6) is 0. The summed E-state index contributed by atoms with van der Waals surface area (Å²) in [6.07, 6.45) is 11.4. The van der Waals surface area contributed by atoms with Gasteiger partial charge in [-0.25, -0.2) is 0 Å². The molecule has 0 radical (unpaired) electrons. The number of hydrogen-bond donors (Lipinski definition) is 3. The van der Waals surface area contributed by atoms with Crippen molar-refractivity contribution in [3.8, 4) is 22.8 Å². The molecule has 0 aliphatic heterocycles. The van der Waals surface area contributed by atoms with Gasteiger partial charge in [-0.1, -0.05) is 49.1 Å². The molecule has 0 unspecified atom stereocenters. The van der Waals surface area contributed by atoms with Gasteiger partial charge in [-0.15, -0.1) is 0 Å². The van der Waals surface area contributed by atoms with Crippen molar-refractivity contribution in [2.24, 2.45) is 0 Å². The maximum absolute atomic E-state index is 4.58. The van der Waals surface area contributed by atoms with Gasteiger partial charge in [0.1, 0.15) is 5.69 Å². The zero-order valence-corrected chi connectivity index (χ0v) is 22.2. The first-order chi connectivity index (χ1) is 19.7. The van der Waals surface area contributed by atoms with E-state index in [1.54, 1.807) is 12.4 Å². The minimum Gasteiger partial charge on any atom is -0.353 e. The largest absolute Gasteiger partial charge is 0.353 e. The maximum Gasteiger partial charge on any atom is 0.116 e. The van der Waals surface area contributed by atoms with Crippen molar-refractivity contribution in [2.45, 2.75) is 20.0 Å². The molecule has 0 aliphatic rings. The summed E-state index contributed by atoms with van der Waals surface area (Å²) < 4.78 is 0. The van der Waals surface area contributed by atoms with Crippen LogP contribution >= 0.6 is 0 Å². The molecule has 6 aromatic rings. The van der Waals surface area contributed by atoms with Crippen molar-refractivity contribution < 1.29 is 0 Å². The maximum atomic E-state index is 4.58. The Bertz CT molecular complexity index is 1900. The molecule has 5 aromatic heterocycles. The van der Waals surface area contributed by atoms with Gasteiger partial charge in [-0.2, -0.15) is 5.10 Å². The van der Waals surface area contributed by atoms with Crippen LogP contribution in [-0.2, 0) is 13.1 Å². The Morgan fingerprint density at radius 2 is 1.75 bits per heavy atom. The average Bonchev–Trinajstić information content (AvgIpc) is 3.60. The Kier molecular flexibility index (Phi) is 7.11. The molecule has 0 amide bonds. The zero-order valence-electron chi connectivity index (χ0n) is 22.2. The molecule has 5 heterocycles. The van der Waals surface area contributed by atoms with Crippen LogP contribution in [0.1, 0.15) is 23.6 Å². The van der Waals surface area contributed by atoms with E-state index in [2.05, 4.69) is 91.4 Å². The van der Waals surface area contributed by atoms with Crippen molar-refractivity contribution in [2.75, 3.05) is 0 Å². The van der Waals surface area contributed by atoms with Gasteiger partial charge in [0.25, 0.3) is 0 Å². The summed E-state index contributed by atoms with van der Waals surface area (Å²) in [6, 6.07) is 22.4. The van der Waals surface area contributed by atoms with E-state index in [-0.39, 0.29) is 0 Å². The number of fused-ring (bicyclic) bond motifs is 1. The van der Waals surface area contributed by atoms with Gasteiger partial charge in [0, 0.05) is 54.0 Å². The highest BCUT2D eigenvalue weighted by atomic mass is 15.1. The van der Waals surface area contributed by atoms with Crippen LogP contribution in [0.3, 0.4) is 0 Å². The molecule has 6 rings (SSSR count). The topological polar surface area (TPSA) is 95.2 Å². The molecule has 7 heteroatoms. The highest BCUT2D eigenvalue weighted by molar-refractivity contribution is 5.95. The average molecular weight is 524 g/mol. The summed E-state index contributed by atoms with van der Waals surface area (Å²) in [5, 5.41) is 13.9. The molecule has 196 valence electrons. The molecule has 0 saturated carbocycles. The van der Waals surface area contributed by atoms with E-state index in [4.69, 9.17) is 0 Å².